The van der Waals surface area contributed by atoms with Crippen molar-refractivity contribution in [1.29, 1.82) is 5.26 Å². The van der Waals surface area contributed by atoms with Gasteiger partial charge in [-0.3, -0.25) is 14.9 Å². The van der Waals surface area contributed by atoms with Crippen LogP contribution in [0.5, 0.6) is 0 Å². The highest BCUT2D eigenvalue weighted by atomic mass is 35.5. The van der Waals surface area contributed by atoms with E-state index in [0.29, 0.717) is 5.02 Å². The van der Waals surface area contributed by atoms with Gasteiger partial charge < -0.3 is 0 Å². The number of halogens is 1. The van der Waals surface area contributed by atoms with Gasteiger partial charge in [-0.25, -0.2) is 0 Å². The zero-order chi connectivity index (χ0) is 15.0. The summed E-state index contributed by atoms with van der Waals surface area (Å²) in [6, 6.07) is 9.22. The normalized spacial score (nSPS) is 27.4. The van der Waals surface area contributed by atoms with Crippen molar-refractivity contribution in [2.45, 2.75) is 31.6 Å². The molecule has 2 unspecified atom stereocenters. The Hall–Kier alpha value is -1.86. The van der Waals surface area contributed by atoms with E-state index in [-0.39, 0.29) is 11.8 Å². The Morgan fingerprint density at radius 3 is 2.38 bits per heavy atom. The van der Waals surface area contributed by atoms with Crippen LogP contribution in [-0.4, -0.2) is 11.8 Å². The molecule has 1 aliphatic heterocycles. The Balaban J connectivity index is 2.13. The summed E-state index contributed by atoms with van der Waals surface area (Å²) in [7, 11) is 0. The van der Waals surface area contributed by atoms with Crippen LogP contribution in [0.15, 0.2) is 24.3 Å². The highest BCUT2D eigenvalue weighted by molar-refractivity contribution is 6.30. The number of hydrogen-bond donors (Lipinski definition) is 1. The molecule has 2 aliphatic rings. The molecule has 21 heavy (non-hydrogen) atoms. The van der Waals surface area contributed by atoms with Crippen LogP contribution in [0.3, 0.4) is 0 Å². The molecule has 1 heterocycles. The van der Waals surface area contributed by atoms with Gasteiger partial charge in [0.15, 0.2) is 0 Å². The van der Waals surface area contributed by atoms with Crippen LogP contribution in [0, 0.1) is 22.7 Å². The van der Waals surface area contributed by atoms with Gasteiger partial charge in [-0.2, -0.15) is 5.26 Å². The lowest BCUT2D eigenvalue weighted by molar-refractivity contribution is -0.145. The summed E-state index contributed by atoms with van der Waals surface area (Å²) in [4.78, 5) is 24.5. The van der Waals surface area contributed by atoms with Crippen LogP contribution in [0.1, 0.15) is 37.2 Å². The molecule has 0 aromatic heterocycles. The summed E-state index contributed by atoms with van der Waals surface area (Å²) >= 11 is 5.92. The van der Waals surface area contributed by atoms with Crippen LogP contribution in [0.25, 0.3) is 0 Å². The molecule has 1 aromatic carbocycles. The number of piperidine rings is 1. The minimum Gasteiger partial charge on any atom is -0.295 e. The number of hydrogen-bond acceptors (Lipinski definition) is 3. The van der Waals surface area contributed by atoms with E-state index in [2.05, 4.69) is 11.4 Å². The fourth-order valence-corrected chi connectivity index (χ4v) is 3.91. The Labute approximate surface area is 128 Å². The van der Waals surface area contributed by atoms with E-state index in [0.717, 1.165) is 31.2 Å². The maximum Gasteiger partial charge on any atom is 0.244 e. The van der Waals surface area contributed by atoms with Gasteiger partial charge in [-0.1, -0.05) is 36.6 Å². The average molecular weight is 303 g/mol. The number of benzene rings is 1. The Kier molecular flexibility index (Phi) is 3.46. The van der Waals surface area contributed by atoms with Crippen molar-refractivity contribution in [2.75, 3.05) is 0 Å². The lowest BCUT2D eigenvalue weighted by atomic mass is 9.62. The molecule has 1 aliphatic carbocycles. The summed E-state index contributed by atoms with van der Waals surface area (Å²) in [6.45, 7) is 0. The van der Waals surface area contributed by atoms with Crippen molar-refractivity contribution in [3.63, 3.8) is 0 Å². The van der Waals surface area contributed by atoms with Crippen LogP contribution in [0.2, 0.25) is 5.02 Å². The van der Waals surface area contributed by atoms with Crippen LogP contribution in [0.4, 0.5) is 0 Å². The summed E-state index contributed by atoms with van der Waals surface area (Å²) in [5.74, 6) is -1.93. The molecule has 1 spiro atoms. The maximum atomic E-state index is 12.5. The quantitative estimate of drug-likeness (QED) is 0.811. The van der Waals surface area contributed by atoms with Crippen molar-refractivity contribution >= 4 is 23.4 Å². The first-order valence-corrected chi connectivity index (χ1v) is 7.47. The number of nitrogens with zero attached hydrogens (tertiary/aromatic N) is 1. The molecular weight excluding hydrogens is 288 g/mol. The van der Waals surface area contributed by atoms with E-state index in [4.69, 9.17) is 11.6 Å². The molecule has 0 radical (unpaired) electrons. The second-order valence-corrected chi connectivity index (χ2v) is 6.25. The highest BCUT2D eigenvalue weighted by Crippen LogP contribution is 2.54. The third kappa shape index (κ3) is 2.13. The molecule has 3 rings (SSSR count). The first-order chi connectivity index (χ1) is 10.1. The summed E-state index contributed by atoms with van der Waals surface area (Å²) in [5, 5.41) is 12.4. The smallest absolute Gasteiger partial charge is 0.244 e. The van der Waals surface area contributed by atoms with Gasteiger partial charge in [0.25, 0.3) is 0 Å². The second-order valence-electron chi connectivity index (χ2n) is 5.82. The van der Waals surface area contributed by atoms with Gasteiger partial charge in [0.2, 0.25) is 11.8 Å². The standard InChI is InChI=1S/C16H15ClN2O2/c17-11-5-3-10(4-6-11)13-12(9-18)14(20)19-15(21)16(13)7-1-2-8-16/h3-6,12-13H,1-2,7-8H2,(H,19,20,21). The van der Waals surface area contributed by atoms with E-state index in [1.54, 1.807) is 12.1 Å². The molecule has 0 bridgehead atoms. The van der Waals surface area contributed by atoms with Crippen molar-refractivity contribution in [3.8, 4) is 6.07 Å². The second kappa shape index (κ2) is 5.16. The molecule has 2 atom stereocenters. The third-order valence-corrected chi connectivity index (χ3v) is 5.02. The van der Waals surface area contributed by atoms with E-state index in [1.807, 2.05) is 12.1 Å². The molecular formula is C16H15ClN2O2. The van der Waals surface area contributed by atoms with Gasteiger partial charge in [0.05, 0.1) is 11.5 Å². The SMILES string of the molecule is N#CC1C(=O)NC(=O)C2(CCCC2)C1c1ccc(Cl)cc1. The first-order valence-electron chi connectivity index (χ1n) is 7.09. The molecule has 1 N–H and O–H groups in total. The third-order valence-electron chi connectivity index (χ3n) is 4.76. The lowest BCUT2D eigenvalue weighted by Gasteiger charge is -2.42. The molecule has 1 aromatic rings. The lowest BCUT2D eigenvalue weighted by Crippen LogP contribution is -2.56. The molecule has 1 saturated carbocycles. The minimum absolute atomic E-state index is 0.226. The zero-order valence-electron chi connectivity index (χ0n) is 11.4. The number of imide groups is 1. The molecule has 2 amide bonds. The topological polar surface area (TPSA) is 70.0 Å². The predicted octanol–water partition coefficient (Wildman–Crippen LogP) is 2.78. The number of nitrogens with one attached hydrogen (secondary N) is 1. The van der Waals surface area contributed by atoms with E-state index < -0.39 is 17.2 Å². The monoisotopic (exact) mass is 302 g/mol. The largest absolute Gasteiger partial charge is 0.295 e. The molecule has 4 nitrogen and oxygen atoms in total. The minimum atomic E-state index is -0.832. The number of carbonyl (C=O) groups excluding carboxylic acids is 2. The fourth-order valence-electron chi connectivity index (χ4n) is 3.78. The predicted molar refractivity (Wildman–Crippen MR) is 77.3 cm³/mol. The molecule has 1 saturated heterocycles. The Bertz CT molecular complexity index is 627. The number of nitriles is 1. The Morgan fingerprint density at radius 1 is 1.19 bits per heavy atom. The summed E-state index contributed by atoms with van der Waals surface area (Å²) in [6.07, 6.45) is 3.34. The van der Waals surface area contributed by atoms with Crippen molar-refractivity contribution in [1.82, 2.24) is 5.32 Å². The maximum absolute atomic E-state index is 12.5. The van der Waals surface area contributed by atoms with Crippen LogP contribution < -0.4 is 5.32 Å². The number of carbonyl (C=O) groups is 2. The van der Waals surface area contributed by atoms with E-state index in [9.17, 15) is 14.9 Å². The van der Waals surface area contributed by atoms with Gasteiger partial charge in [0, 0.05) is 10.9 Å². The van der Waals surface area contributed by atoms with Gasteiger partial charge in [0.1, 0.15) is 5.92 Å². The average Bonchev–Trinajstić information content (AvgIpc) is 2.94. The van der Waals surface area contributed by atoms with E-state index >= 15 is 0 Å². The van der Waals surface area contributed by atoms with Crippen molar-refractivity contribution in [3.05, 3.63) is 34.9 Å². The zero-order valence-corrected chi connectivity index (χ0v) is 12.2. The molecule has 5 heteroatoms. The van der Waals surface area contributed by atoms with Gasteiger partial charge in [-0.05, 0) is 30.5 Å². The van der Waals surface area contributed by atoms with Gasteiger partial charge in [-0.15, -0.1) is 0 Å². The molecule has 2 fully saturated rings. The Morgan fingerprint density at radius 2 is 1.81 bits per heavy atom. The van der Waals surface area contributed by atoms with Crippen molar-refractivity contribution < 1.29 is 9.59 Å². The summed E-state index contributed by atoms with van der Waals surface area (Å²) in [5.41, 5.74) is 0.207. The fraction of sp³-hybridized carbons (Fsp3) is 0.438. The van der Waals surface area contributed by atoms with Crippen LogP contribution in [-0.2, 0) is 9.59 Å². The number of amides is 2. The summed E-state index contributed by atoms with van der Waals surface area (Å²) < 4.78 is 0. The number of rotatable bonds is 1. The van der Waals surface area contributed by atoms with E-state index in [1.165, 1.54) is 0 Å². The highest BCUT2D eigenvalue weighted by Gasteiger charge is 2.56. The van der Waals surface area contributed by atoms with Crippen molar-refractivity contribution in [2.24, 2.45) is 11.3 Å². The van der Waals surface area contributed by atoms with Gasteiger partial charge >= 0.3 is 0 Å². The molecule has 108 valence electrons. The van der Waals surface area contributed by atoms with Crippen LogP contribution >= 0.6 is 11.6 Å². The first kappa shape index (κ1) is 14.1.